The number of carbonyl (C=O) groups excluding carboxylic acids is 1. The lowest BCUT2D eigenvalue weighted by Gasteiger charge is -2.05. The minimum atomic E-state index is -0.140. The minimum absolute atomic E-state index is 0.140. The van der Waals surface area contributed by atoms with E-state index in [1.54, 1.807) is 6.07 Å². The van der Waals surface area contributed by atoms with Gasteiger partial charge in [0.15, 0.2) is 0 Å². The molecule has 0 saturated heterocycles. The quantitative estimate of drug-likeness (QED) is 0.900. The highest BCUT2D eigenvalue weighted by Gasteiger charge is 2.03. The van der Waals surface area contributed by atoms with Crippen molar-refractivity contribution < 1.29 is 4.79 Å². The normalized spacial score (nSPS) is 9.14. The van der Waals surface area contributed by atoms with Gasteiger partial charge in [-0.25, -0.2) is 0 Å². The van der Waals surface area contributed by atoms with Gasteiger partial charge in [0, 0.05) is 17.3 Å². The molecule has 0 bridgehead atoms. The van der Waals surface area contributed by atoms with Gasteiger partial charge >= 0.3 is 0 Å². The molecule has 0 atom stereocenters. The summed E-state index contributed by atoms with van der Waals surface area (Å²) in [6.45, 7) is 0. The van der Waals surface area contributed by atoms with Gasteiger partial charge in [-0.15, -0.1) is 0 Å². The topological polar surface area (TPSA) is 52.9 Å². The molecular weight excluding hydrogens is 244 g/mol. The van der Waals surface area contributed by atoms with Crippen molar-refractivity contribution in [3.63, 3.8) is 0 Å². The Balaban J connectivity index is 2.57. The second-order valence-corrected chi connectivity index (χ2v) is 3.54. The van der Waals surface area contributed by atoms with E-state index >= 15 is 0 Å². The lowest BCUT2D eigenvalue weighted by atomic mass is 10.3. The third-order valence-electron chi connectivity index (χ3n) is 1.61. The first kappa shape index (κ1) is 10.7. The zero-order valence-electron chi connectivity index (χ0n) is 7.46. The maximum atomic E-state index is 11.2. The monoisotopic (exact) mass is 252 g/mol. The molecule has 14 heavy (non-hydrogen) atoms. The van der Waals surface area contributed by atoms with E-state index < -0.39 is 0 Å². The van der Waals surface area contributed by atoms with Crippen molar-refractivity contribution in [2.24, 2.45) is 0 Å². The Bertz CT molecular complexity index is 371. The van der Waals surface area contributed by atoms with E-state index in [2.05, 4.69) is 21.2 Å². The number of para-hydroxylation sites is 1. The summed E-state index contributed by atoms with van der Waals surface area (Å²) in [6.07, 6.45) is 0.480. The standard InChI is InChI=1S/C10H9BrN2O/c11-8-4-1-2-5-9(8)13-10(14)6-3-7-12/h1-2,4-5H,3,6H2,(H,13,14). The molecule has 4 heteroatoms. The number of nitrogens with zero attached hydrogens (tertiary/aromatic N) is 1. The molecule has 0 aliphatic rings. The molecule has 0 unspecified atom stereocenters. The predicted molar refractivity (Wildman–Crippen MR) is 57.6 cm³/mol. The van der Waals surface area contributed by atoms with Gasteiger partial charge in [0.05, 0.1) is 11.8 Å². The van der Waals surface area contributed by atoms with Crippen molar-refractivity contribution in [2.75, 3.05) is 5.32 Å². The van der Waals surface area contributed by atoms with Crippen LogP contribution in [0.2, 0.25) is 0 Å². The Morgan fingerprint density at radius 1 is 1.50 bits per heavy atom. The van der Waals surface area contributed by atoms with Crippen LogP contribution in [0.15, 0.2) is 28.7 Å². The van der Waals surface area contributed by atoms with Gasteiger partial charge in [0.1, 0.15) is 0 Å². The smallest absolute Gasteiger partial charge is 0.225 e. The van der Waals surface area contributed by atoms with Gasteiger partial charge < -0.3 is 5.32 Å². The lowest BCUT2D eigenvalue weighted by Crippen LogP contribution is -2.10. The number of rotatable bonds is 3. The summed E-state index contributed by atoms with van der Waals surface area (Å²) in [5.41, 5.74) is 0.732. The Hall–Kier alpha value is -1.34. The molecule has 3 nitrogen and oxygen atoms in total. The summed E-state index contributed by atoms with van der Waals surface area (Å²) >= 11 is 3.31. The van der Waals surface area contributed by atoms with Gasteiger partial charge in [-0.05, 0) is 28.1 Å². The van der Waals surface area contributed by atoms with Crippen molar-refractivity contribution in [2.45, 2.75) is 12.8 Å². The average molecular weight is 253 g/mol. The van der Waals surface area contributed by atoms with Crippen LogP contribution in [0.1, 0.15) is 12.8 Å². The first-order valence-corrected chi connectivity index (χ1v) is 4.94. The number of amides is 1. The highest BCUT2D eigenvalue weighted by Crippen LogP contribution is 2.21. The van der Waals surface area contributed by atoms with Crippen molar-refractivity contribution in [3.8, 4) is 6.07 Å². The van der Waals surface area contributed by atoms with Gasteiger partial charge in [0.2, 0.25) is 5.91 Å². The number of hydrogen-bond acceptors (Lipinski definition) is 2. The molecule has 0 saturated carbocycles. The fourth-order valence-electron chi connectivity index (χ4n) is 0.945. The maximum absolute atomic E-state index is 11.2. The van der Waals surface area contributed by atoms with Crippen LogP contribution in [-0.2, 0) is 4.79 Å². The highest BCUT2D eigenvalue weighted by molar-refractivity contribution is 9.10. The molecule has 0 radical (unpaired) electrons. The van der Waals surface area contributed by atoms with E-state index in [9.17, 15) is 4.79 Å². The van der Waals surface area contributed by atoms with E-state index in [1.807, 2.05) is 24.3 Å². The third-order valence-corrected chi connectivity index (χ3v) is 2.30. The van der Waals surface area contributed by atoms with Crippen molar-refractivity contribution >= 4 is 27.5 Å². The van der Waals surface area contributed by atoms with Crippen LogP contribution in [0.4, 0.5) is 5.69 Å². The molecule has 0 heterocycles. The maximum Gasteiger partial charge on any atom is 0.225 e. The molecule has 1 amide bonds. The Morgan fingerprint density at radius 3 is 2.86 bits per heavy atom. The van der Waals surface area contributed by atoms with Crippen molar-refractivity contribution in [1.29, 1.82) is 5.26 Å². The number of nitriles is 1. The Kier molecular flexibility index (Phi) is 4.14. The van der Waals surface area contributed by atoms with E-state index in [0.29, 0.717) is 0 Å². The molecule has 0 fully saturated rings. The van der Waals surface area contributed by atoms with Crippen molar-refractivity contribution in [1.82, 2.24) is 0 Å². The first-order valence-electron chi connectivity index (χ1n) is 4.15. The van der Waals surface area contributed by atoms with E-state index in [4.69, 9.17) is 5.26 Å². The number of hydrogen-bond donors (Lipinski definition) is 1. The van der Waals surface area contributed by atoms with Gasteiger partial charge in [-0.1, -0.05) is 12.1 Å². The summed E-state index contributed by atoms with van der Waals surface area (Å²) in [6, 6.07) is 9.28. The number of nitrogens with one attached hydrogen (secondary N) is 1. The highest BCUT2D eigenvalue weighted by atomic mass is 79.9. The Labute approximate surface area is 90.9 Å². The van der Waals surface area contributed by atoms with E-state index in [1.165, 1.54) is 0 Å². The van der Waals surface area contributed by atoms with Crippen LogP contribution in [0.3, 0.4) is 0 Å². The fourth-order valence-corrected chi connectivity index (χ4v) is 1.33. The molecule has 0 aliphatic carbocycles. The van der Waals surface area contributed by atoms with Gasteiger partial charge in [-0.2, -0.15) is 5.26 Å². The fraction of sp³-hybridized carbons (Fsp3) is 0.200. The van der Waals surface area contributed by atoms with Gasteiger partial charge in [-0.3, -0.25) is 4.79 Å². The van der Waals surface area contributed by atoms with Crippen molar-refractivity contribution in [3.05, 3.63) is 28.7 Å². The summed E-state index contributed by atoms with van der Waals surface area (Å²) in [5.74, 6) is -0.140. The molecule has 0 aliphatic heterocycles. The summed E-state index contributed by atoms with van der Waals surface area (Å²) in [5, 5.41) is 11.0. The summed E-state index contributed by atoms with van der Waals surface area (Å²) in [4.78, 5) is 11.2. The van der Waals surface area contributed by atoms with Crippen LogP contribution in [0, 0.1) is 11.3 Å². The second-order valence-electron chi connectivity index (χ2n) is 2.69. The molecule has 1 aromatic rings. The number of halogens is 1. The minimum Gasteiger partial charge on any atom is -0.325 e. The number of carbonyl (C=O) groups is 1. The van der Waals surface area contributed by atoms with Crippen LogP contribution in [-0.4, -0.2) is 5.91 Å². The number of anilines is 1. The average Bonchev–Trinajstić information content (AvgIpc) is 2.18. The molecule has 1 N–H and O–H groups in total. The third kappa shape index (κ3) is 3.19. The first-order chi connectivity index (χ1) is 6.74. The second kappa shape index (κ2) is 5.40. The van der Waals surface area contributed by atoms with Gasteiger partial charge in [0.25, 0.3) is 0 Å². The molecule has 1 rings (SSSR count). The molecular formula is C10H9BrN2O. The predicted octanol–water partition coefficient (Wildman–Crippen LogP) is 2.69. The zero-order valence-corrected chi connectivity index (χ0v) is 9.04. The van der Waals surface area contributed by atoms with E-state index in [-0.39, 0.29) is 18.7 Å². The van der Waals surface area contributed by atoms with Crippen LogP contribution >= 0.6 is 15.9 Å². The van der Waals surface area contributed by atoms with Crippen LogP contribution in [0.5, 0.6) is 0 Å². The summed E-state index contributed by atoms with van der Waals surface area (Å²) in [7, 11) is 0. The molecule has 0 spiro atoms. The lowest BCUT2D eigenvalue weighted by molar-refractivity contribution is -0.116. The number of benzene rings is 1. The SMILES string of the molecule is N#CCCC(=O)Nc1ccccc1Br. The molecule has 72 valence electrons. The summed E-state index contributed by atoms with van der Waals surface area (Å²) < 4.78 is 0.838. The molecule has 1 aromatic carbocycles. The Morgan fingerprint density at radius 2 is 2.21 bits per heavy atom. The largest absolute Gasteiger partial charge is 0.325 e. The van der Waals surface area contributed by atoms with E-state index in [0.717, 1.165) is 10.2 Å². The van der Waals surface area contributed by atoms with Crippen LogP contribution < -0.4 is 5.32 Å². The molecule has 0 aromatic heterocycles. The zero-order chi connectivity index (χ0) is 10.4. The van der Waals surface area contributed by atoms with Crippen LogP contribution in [0.25, 0.3) is 0 Å².